The molecule has 4 rings (SSSR count). The number of Topliss-reactive ketones (excluding diaryl/α,β-unsaturated/α-hetero) is 1. The Morgan fingerprint density at radius 1 is 1.00 bits per heavy atom. The fourth-order valence-corrected chi connectivity index (χ4v) is 4.71. The van der Waals surface area contributed by atoms with Gasteiger partial charge in [0.1, 0.15) is 0 Å². The van der Waals surface area contributed by atoms with Crippen molar-refractivity contribution in [2.24, 2.45) is 11.8 Å². The van der Waals surface area contributed by atoms with Gasteiger partial charge in [-0.15, -0.1) is 0 Å². The average molecular weight is 811 g/mol. The number of hydrogen-bond acceptors (Lipinski definition) is 4. The predicted octanol–water partition coefficient (Wildman–Crippen LogP) is 7.02. The first-order chi connectivity index (χ1) is 15.4. The summed E-state index contributed by atoms with van der Waals surface area (Å²) in [7, 11) is 3.26. The van der Waals surface area contributed by atoms with Crippen molar-refractivity contribution in [2.45, 2.75) is 32.2 Å². The second kappa shape index (κ2) is 13.5. The topological polar surface area (TPSA) is 38.8 Å². The zero-order valence-corrected chi connectivity index (χ0v) is 26.3. The van der Waals surface area contributed by atoms with Crippen molar-refractivity contribution in [3.63, 3.8) is 0 Å². The van der Waals surface area contributed by atoms with E-state index in [0.29, 0.717) is 17.4 Å². The molecule has 1 saturated heterocycles. The van der Waals surface area contributed by atoms with Gasteiger partial charge in [0, 0.05) is 18.0 Å². The van der Waals surface area contributed by atoms with E-state index in [1.54, 1.807) is 14.2 Å². The van der Waals surface area contributed by atoms with Gasteiger partial charge in [-0.1, -0.05) is 30.3 Å². The van der Waals surface area contributed by atoms with Crippen LogP contribution in [0.2, 0.25) is 0 Å². The molecule has 0 radical (unpaired) electrons. The van der Waals surface area contributed by atoms with Gasteiger partial charge in [0.05, 0.1) is 14.2 Å². The molecule has 174 valence electrons. The quantitative estimate of drug-likeness (QED) is 0.295. The SMILES string of the molecule is COc1cc2c(cc1OC)C(=O)C(CC1CCN(Cc3ccccc3)CC1)C2.[I][V]([I])[I]. The summed E-state index contributed by atoms with van der Waals surface area (Å²) in [6.07, 6.45) is 4.19. The molecular formula is C24H29I3NO3V. The molecule has 2 aromatic carbocycles. The number of fused-ring (bicyclic) bond motifs is 1. The summed E-state index contributed by atoms with van der Waals surface area (Å²) < 4.78 is 10.8. The summed E-state index contributed by atoms with van der Waals surface area (Å²) in [5, 5.41) is 0. The number of likely N-dealkylation sites (tertiary alicyclic amines) is 1. The summed E-state index contributed by atoms with van der Waals surface area (Å²) in [6, 6.07) is 14.5. The number of ketones is 1. The number of rotatable bonds is 6. The van der Waals surface area contributed by atoms with Crippen LogP contribution in [0.15, 0.2) is 42.5 Å². The standard InChI is InChI=1S/C24H29NO3.3HI.V/c1-27-22-14-19-13-20(24(26)21(19)15-23(22)28-2)12-17-8-10-25(11-9-17)16-18-6-4-3-5-7-18;;;;/h3-7,14-15,17,20H,8-13,16H2,1-2H3;3*1H;/q;;;;+3/p-3. The van der Waals surface area contributed by atoms with Crippen LogP contribution in [0.25, 0.3) is 0 Å². The van der Waals surface area contributed by atoms with E-state index >= 15 is 0 Å². The van der Waals surface area contributed by atoms with Crippen LogP contribution in [-0.2, 0) is 17.9 Å². The number of ether oxygens (including phenoxy) is 2. The fraction of sp³-hybridized carbons (Fsp3) is 0.458. The Balaban J connectivity index is 0.000000668. The summed E-state index contributed by atoms with van der Waals surface area (Å²) in [6.45, 7) is 3.27. The third-order valence-corrected chi connectivity index (χ3v) is 6.29. The Labute approximate surface area is 229 Å². The van der Waals surface area contributed by atoms with E-state index in [0.717, 1.165) is 43.6 Å². The zero-order valence-electron chi connectivity index (χ0n) is 18.4. The van der Waals surface area contributed by atoms with Gasteiger partial charge in [-0.05, 0) is 68.0 Å². The molecule has 2 aliphatic rings. The first kappa shape index (κ1) is 27.0. The van der Waals surface area contributed by atoms with Gasteiger partial charge in [-0.2, -0.15) is 0 Å². The number of piperidine rings is 1. The van der Waals surface area contributed by atoms with Crippen LogP contribution in [-0.4, -0.2) is 38.0 Å². The van der Waals surface area contributed by atoms with Crippen molar-refractivity contribution >= 4 is 65.7 Å². The molecule has 0 N–H and O–H groups in total. The summed E-state index contributed by atoms with van der Waals surface area (Å²) in [5.41, 5.74) is 3.31. The molecular weight excluding hydrogens is 782 g/mol. The molecule has 1 atom stereocenters. The van der Waals surface area contributed by atoms with Crippen LogP contribution >= 0.6 is 59.9 Å². The molecule has 1 aliphatic heterocycles. The van der Waals surface area contributed by atoms with Crippen molar-refractivity contribution in [3.05, 3.63) is 59.2 Å². The third kappa shape index (κ3) is 7.73. The number of carbonyl (C=O) groups excluding carboxylic acids is 1. The van der Waals surface area contributed by atoms with Gasteiger partial charge in [0.2, 0.25) is 0 Å². The second-order valence-corrected chi connectivity index (χ2v) is 43.6. The molecule has 0 amide bonds. The predicted molar refractivity (Wildman–Crippen MR) is 152 cm³/mol. The number of carbonyl (C=O) groups is 1. The summed E-state index contributed by atoms with van der Waals surface area (Å²) in [4.78, 5) is 15.2. The van der Waals surface area contributed by atoms with E-state index in [4.69, 9.17) is 9.47 Å². The van der Waals surface area contributed by atoms with Crippen LogP contribution in [0.3, 0.4) is 0 Å². The van der Waals surface area contributed by atoms with Crippen LogP contribution in [0.5, 0.6) is 11.5 Å². The summed E-state index contributed by atoms with van der Waals surface area (Å²) in [5.74, 6) is 2.38. The molecule has 0 saturated carbocycles. The molecule has 0 bridgehead atoms. The average Bonchev–Trinajstić information content (AvgIpc) is 3.08. The van der Waals surface area contributed by atoms with E-state index in [-0.39, 0.29) is 16.6 Å². The van der Waals surface area contributed by atoms with E-state index in [1.165, 1.54) is 18.4 Å². The van der Waals surface area contributed by atoms with Crippen molar-refractivity contribution in [1.82, 2.24) is 4.90 Å². The minimum atomic E-state index is -0.278. The zero-order chi connectivity index (χ0) is 23.1. The molecule has 4 nitrogen and oxygen atoms in total. The van der Waals surface area contributed by atoms with Gasteiger partial charge >= 0.3 is 64.9 Å². The Hall–Kier alpha value is 0.444. The van der Waals surface area contributed by atoms with Gasteiger partial charge < -0.3 is 9.47 Å². The summed E-state index contributed by atoms with van der Waals surface area (Å²) >= 11 is 7.39. The van der Waals surface area contributed by atoms with Gasteiger partial charge in [-0.25, -0.2) is 0 Å². The minimum absolute atomic E-state index is 0.109. The number of benzene rings is 2. The van der Waals surface area contributed by atoms with E-state index < -0.39 is 0 Å². The molecule has 1 aliphatic carbocycles. The Morgan fingerprint density at radius 3 is 2.19 bits per heavy atom. The number of halogens is 3. The van der Waals surface area contributed by atoms with Crippen molar-refractivity contribution in [3.8, 4) is 11.5 Å². The Morgan fingerprint density at radius 2 is 1.59 bits per heavy atom. The first-order valence-corrected chi connectivity index (χ1v) is 24.3. The number of hydrogen-bond donors (Lipinski definition) is 0. The maximum atomic E-state index is 12.9. The molecule has 2 aromatic rings. The van der Waals surface area contributed by atoms with Crippen LogP contribution in [0.4, 0.5) is 0 Å². The van der Waals surface area contributed by atoms with Crippen molar-refractivity contribution in [1.29, 1.82) is 0 Å². The maximum absolute atomic E-state index is 12.9. The number of nitrogens with zero attached hydrogens (tertiary/aromatic N) is 1. The van der Waals surface area contributed by atoms with Gasteiger partial charge in [0.15, 0.2) is 17.3 Å². The van der Waals surface area contributed by atoms with Gasteiger partial charge in [0.25, 0.3) is 0 Å². The molecule has 0 spiro atoms. The normalized spacial score (nSPS) is 18.8. The molecule has 0 aromatic heterocycles. The molecule has 1 heterocycles. The van der Waals surface area contributed by atoms with E-state index in [2.05, 4.69) is 95.2 Å². The monoisotopic (exact) mass is 811 g/mol. The van der Waals surface area contributed by atoms with Crippen molar-refractivity contribution < 1.29 is 19.2 Å². The van der Waals surface area contributed by atoms with Crippen LogP contribution in [0.1, 0.15) is 40.7 Å². The third-order valence-electron chi connectivity index (χ3n) is 6.29. The number of methoxy groups -OCH3 is 2. The van der Waals surface area contributed by atoms with E-state index in [9.17, 15) is 4.79 Å². The van der Waals surface area contributed by atoms with Crippen molar-refractivity contribution in [2.75, 3.05) is 27.3 Å². The van der Waals surface area contributed by atoms with Crippen LogP contribution in [0, 0.1) is 11.8 Å². The van der Waals surface area contributed by atoms with E-state index in [1.807, 2.05) is 12.1 Å². The molecule has 32 heavy (non-hydrogen) atoms. The first-order valence-electron chi connectivity index (χ1n) is 10.7. The molecule has 1 unspecified atom stereocenters. The Bertz CT molecular complexity index is 887. The Kier molecular flexibility index (Phi) is 11.4. The second-order valence-electron chi connectivity index (χ2n) is 8.26. The van der Waals surface area contributed by atoms with Gasteiger partial charge in [-0.3, -0.25) is 9.69 Å². The molecule has 8 heteroatoms. The van der Waals surface area contributed by atoms with Crippen LogP contribution < -0.4 is 9.47 Å². The molecule has 1 fully saturated rings. The fourth-order valence-electron chi connectivity index (χ4n) is 4.71.